The maximum atomic E-state index is 9.95. The summed E-state index contributed by atoms with van der Waals surface area (Å²) in [6, 6.07) is 21.4. The summed E-state index contributed by atoms with van der Waals surface area (Å²) in [7, 11) is 0. The van der Waals surface area contributed by atoms with Crippen LogP contribution in [-0.2, 0) is 0 Å². The van der Waals surface area contributed by atoms with Crippen LogP contribution in [0.1, 0.15) is 11.1 Å². The first-order valence-corrected chi connectivity index (χ1v) is 8.42. The van der Waals surface area contributed by atoms with E-state index in [0.717, 1.165) is 11.1 Å². The van der Waals surface area contributed by atoms with Gasteiger partial charge in [-0.15, -0.1) is 0 Å². The SMILES string of the molecule is Cc1ccccc1-c1ccc(-c2nc(-c3ccccc3O)no2)cc1C. The second kappa shape index (κ2) is 6.48. The molecule has 0 aliphatic rings. The second-order valence-electron chi connectivity index (χ2n) is 6.28. The molecule has 1 heterocycles. The minimum atomic E-state index is 0.130. The Morgan fingerprint density at radius 3 is 2.19 bits per heavy atom. The van der Waals surface area contributed by atoms with Gasteiger partial charge in [0.15, 0.2) is 0 Å². The van der Waals surface area contributed by atoms with Crippen LogP contribution in [0.5, 0.6) is 5.75 Å². The van der Waals surface area contributed by atoms with Crippen LogP contribution in [0.15, 0.2) is 71.3 Å². The van der Waals surface area contributed by atoms with E-state index in [2.05, 4.69) is 42.2 Å². The molecule has 0 aliphatic carbocycles. The molecule has 0 unspecified atom stereocenters. The van der Waals surface area contributed by atoms with E-state index in [1.54, 1.807) is 18.2 Å². The van der Waals surface area contributed by atoms with Gasteiger partial charge < -0.3 is 9.63 Å². The summed E-state index contributed by atoms with van der Waals surface area (Å²) >= 11 is 0. The van der Waals surface area contributed by atoms with Crippen molar-refractivity contribution in [2.75, 3.05) is 0 Å². The van der Waals surface area contributed by atoms with Crippen molar-refractivity contribution in [3.8, 4) is 39.7 Å². The van der Waals surface area contributed by atoms with Gasteiger partial charge in [0.05, 0.1) is 5.56 Å². The average Bonchev–Trinajstić information content (AvgIpc) is 3.13. The molecule has 0 radical (unpaired) electrons. The van der Waals surface area contributed by atoms with E-state index in [0.29, 0.717) is 17.3 Å². The fraction of sp³-hybridized carbons (Fsp3) is 0.0909. The number of hydrogen-bond acceptors (Lipinski definition) is 4. The summed E-state index contributed by atoms with van der Waals surface area (Å²) in [6.45, 7) is 4.19. The van der Waals surface area contributed by atoms with Gasteiger partial charge in [0, 0.05) is 5.56 Å². The summed E-state index contributed by atoms with van der Waals surface area (Å²) in [5, 5.41) is 14.0. The van der Waals surface area contributed by atoms with E-state index in [-0.39, 0.29) is 5.75 Å². The molecule has 1 aromatic heterocycles. The molecule has 0 saturated heterocycles. The first-order valence-electron chi connectivity index (χ1n) is 8.42. The molecule has 0 fully saturated rings. The molecule has 4 nitrogen and oxygen atoms in total. The number of aromatic nitrogens is 2. The minimum Gasteiger partial charge on any atom is -0.507 e. The summed E-state index contributed by atoms with van der Waals surface area (Å²) in [6.07, 6.45) is 0. The Morgan fingerprint density at radius 2 is 1.46 bits per heavy atom. The number of para-hydroxylation sites is 1. The van der Waals surface area contributed by atoms with E-state index in [9.17, 15) is 5.11 Å². The second-order valence-corrected chi connectivity index (χ2v) is 6.28. The Kier molecular flexibility index (Phi) is 4.01. The van der Waals surface area contributed by atoms with Gasteiger partial charge in [0.2, 0.25) is 5.82 Å². The average molecular weight is 342 g/mol. The highest BCUT2D eigenvalue weighted by molar-refractivity contribution is 5.74. The fourth-order valence-electron chi connectivity index (χ4n) is 3.09. The van der Waals surface area contributed by atoms with Gasteiger partial charge in [0.1, 0.15) is 5.75 Å². The fourth-order valence-corrected chi connectivity index (χ4v) is 3.09. The Bertz CT molecular complexity index is 1080. The van der Waals surface area contributed by atoms with Crippen LogP contribution in [0, 0.1) is 13.8 Å². The Labute approximate surface area is 151 Å². The van der Waals surface area contributed by atoms with Crippen molar-refractivity contribution in [3.05, 3.63) is 77.9 Å². The molecule has 26 heavy (non-hydrogen) atoms. The first kappa shape index (κ1) is 16.1. The Morgan fingerprint density at radius 1 is 0.769 bits per heavy atom. The summed E-state index contributed by atoms with van der Waals surface area (Å²) in [5.41, 5.74) is 6.19. The van der Waals surface area contributed by atoms with Crippen molar-refractivity contribution < 1.29 is 9.63 Å². The monoisotopic (exact) mass is 342 g/mol. The lowest BCUT2D eigenvalue weighted by Gasteiger charge is -2.10. The molecule has 0 saturated carbocycles. The summed E-state index contributed by atoms with van der Waals surface area (Å²) in [4.78, 5) is 4.43. The number of phenols is 1. The zero-order valence-electron chi connectivity index (χ0n) is 14.6. The lowest BCUT2D eigenvalue weighted by atomic mass is 9.95. The number of aryl methyl sites for hydroxylation is 2. The molecule has 4 rings (SSSR count). The summed E-state index contributed by atoms with van der Waals surface area (Å²) in [5.74, 6) is 0.937. The van der Waals surface area contributed by atoms with Gasteiger partial charge in [-0.25, -0.2) is 0 Å². The Hall–Kier alpha value is -3.40. The molecular weight excluding hydrogens is 324 g/mol. The highest BCUT2D eigenvalue weighted by atomic mass is 16.5. The number of hydrogen-bond donors (Lipinski definition) is 1. The van der Waals surface area contributed by atoms with E-state index >= 15 is 0 Å². The van der Waals surface area contributed by atoms with Crippen LogP contribution in [-0.4, -0.2) is 15.2 Å². The van der Waals surface area contributed by atoms with Crippen LogP contribution in [0.2, 0.25) is 0 Å². The molecular formula is C22H18N2O2. The Balaban J connectivity index is 1.71. The third-order valence-corrected chi connectivity index (χ3v) is 4.48. The number of phenolic OH excluding ortho intramolecular Hbond substituents is 1. The predicted molar refractivity (Wildman–Crippen MR) is 102 cm³/mol. The maximum Gasteiger partial charge on any atom is 0.258 e. The van der Waals surface area contributed by atoms with Gasteiger partial charge in [-0.1, -0.05) is 47.6 Å². The van der Waals surface area contributed by atoms with Crippen LogP contribution in [0.3, 0.4) is 0 Å². The minimum absolute atomic E-state index is 0.130. The quantitative estimate of drug-likeness (QED) is 0.542. The zero-order chi connectivity index (χ0) is 18.1. The van der Waals surface area contributed by atoms with Crippen molar-refractivity contribution in [1.29, 1.82) is 0 Å². The van der Waals surface area contributed by atoms with E-state index in [1.165, 1.54) is 16.7 Å². The predicted octanol–water partition coefficient (Wildman–Crippen LogP) is 5.39. The van der Waals surface area contributed by atoms with Gasteiger partial charge in [-0.05, 0) is 60.4 Å². The van der Waals surface area contributed by atoms with E-state index < -0.39 is 0 Å². The van der Waals surface area contributed by atoms with Crippen LogP contribution in [0.4, 0.5) is 0 Å². The third-order valence-electron chi connectivity index (χ3n) is 4.48. The van der Waals surface area contributed by atoms with Gasteiger partial charge in [0.25, 0.3) is 5.89 Å². The normalized spacial score (nSPS) is 10.8. The highest BCUT2D eigenvalue weighted by Gasteiger charge is 2.14. The van der Waals surface area contributed by atoms with Gasteiger partial charge >= 0.3 is 0 Å². The lowest BCUT2D eigenvalue weighted by Crippen LogP contribution is -1.88. The van der Waals surface area contributed by atoms with Gasteiger partial charge in [-0.2, -0.15) is 4.98 Å². The van der Waals surface area contributed by atoms with Crippen LogP contribution in [0.25, 0.3) is 34.0 Å². The van der Waals surface area contributed by atoms with Crippen LogP contribution < -0.4 is 0 Å². The van der Waals surface area contributed by atoms with Crippen molar-refractivity contribution in [2.24, 2.45) is 0 Å². The number of rotatable bonds is 3. The third kappa shape index (κ3) is 2.86. The highest BCUT2D eigenvalue weighted by Crippen LogP contribution is 2.32. The topological polar surface area (TPSA) is 59.2 Å². The van der Waals surface area contributed by atoms with Crippen molar-refractivity contribution >= 4 is 0 Å². The van der Waals surface area contributed by atoms with Crippen LogP contribution >= 0.6 is 0 Å². The number of nitrogens with zero attached hydrogens (tertiary/aromatic N) is 2. The van der Waals surface area contributed by atoms with Gasteiger partial charge in [-0.3, -0.25) is 0 Å². The molecule has 0 bridgehead atoms. The number of benzene rings is 3. The largest absolute Gasteiger partial charge is 0.507 e. The molecule has 0 aliphatic heterocycles. The smallest absolute Gasteiger partial charge is 0.258 e. The van der Waals surface area contributed by atoms with E-state index in [1.807, 2.05) is 30.3 Å². The summed E-state index contributed by atoms with van der Waals surface area (Å²) < 4.78 is 5.41. The van der Waals surface area contributed by atoms with Crippen molar-refractivity contribution in [3.63, 3.8) is 0 Å². The molecule has 0 spiro atoms. The molecule has 0 atom stereocenters. The van der Waals surface area contributed by atoms with Crippen molar-refractivity contribution in [2.45, 2.75) is 13.8 Å². The standard InChI is InChI=1S/C22H18N2O2/c1-14-7-3-4-8-17(14)18-12-11-16(13-15(18)2)22-23-21(24-26-22)19-9-5-6-10-20(19)25/h3-13,25H,1-2H3. The number of aromatic hydroxyl groups is 1. The van der Waals surface area contributed by atoms with Crippen molar-refractivity contribution in [1.82, 2.24) is 10.1 Å². The molecule has 3 aromatic carbocycles. The molecule has 4 heteroatoms. The molecule has 0 amide bonds. The molecule has 128 valence electrons. The molecule has 1 N–H and O–H groups in total. The maximum absolute atomic E-state index is 9.95. The zero-order valence-corrected chi connectivity index (χ0v) is 14.6. The molecule has 4 aromatic rings. The lowest BCUT2D eigenvalue weighted by molar-refractivity contribution is 0.431. The van der Waals surface area contributed by atoms with E-state index in [4.69, 9.17) is 4.52 Å². The first-order chi connectivity index (χ1) is 12.6.